The van der Waals surface area contributed by atoms with Crippen LogP contribution in [0.5, 0.6) is 0 Å². The van der Waals surface area contributed by atoms with Gasteiger partial charge in [-0.1, -0.05) is 30.6 Å². The normalized spacial score (nSPS) is 25.5. The standard InChI is InChI=1S/C11H16/c1-9-6-7-11(8-9)10-4-2-3-5-10/h7-8,10H,2-6H2,1H3. The fourth-order valence-electron chi connectivity index (χ4n) is 2.22. The molecular weight excluding hydrogens is 132 g/mol. The van der Waals surface area contributed by atoms with E-state index in [2.05, 4.69) is 19.1 Å². The van der Waals surface area contributed by atoms with Gasteiger partial charge in [-0.25, -0.2) is 0 Å². The van der Waals surface area contributed by atoms with Crippen molar-refractivity contribution in [3.05, 3.63) is 23.3 Å². The molecular formula is C11H16. The van der Waals surface area contributed by atoms with E-state index in [0.717, 1.165) is 5.92 Å². The fourth-order valence-corrected chi connectivity index (χ4v) is 2.22. The number of allylic oxidation sites excluding steroid dienone is 4. The Morgan fingerprint density at radius 1 is 1.27 bits per heavy atom. The van der Waals surface area contributed by atoms with Crippen molar-refractivity contribution in [2.75, 3.05) is 0 Å². The molecule has 0 amide bonds. The van der Waals surface area contributed by atoms with Gasteiger partial charge in [-0.05, 0) is 37.7 Å². The van der Waals surface area contributed by atoms with Crippen LogP contribution in [0, 0.1) is 5.92 Å². The van der Waals surface area contributed by atoms with Gasteiger partial charge < -0.3 is 0 Å². The lowest BCUT2D eigenvalue weighted by molar-refractivity contribution is 0.658. The minimum Gasteiger partial charge on any atom is -0.0770 e. The first kappa shape index (κ1) is 7.15. The predicted molar refractivity (Wildman–Crippen MR) is 48.4 cm³/mol. The maximum absolute atomic E-state index is 2.42. The van der Waals surface area contributed by atoms with Gasteiger partial charge in [0.2, 0.25) is 0 Å². The van der Waals surface area contributed by atoms with Crippen LogP contribution in [0.25, 0.3) is 0 Å². The Morgan fingerprint density at radius 2 is 2.00 bits per heavy atom. The molecule has 0 atom stereocenters. The highest BCUT2D eigenvalue weighted by Crippen LogP contribution is 2.35. The number of hydrogen-bond acceptors (Lipinski definition) is 0. The molecule has 1 saturated carbocycles. The molecule has 0 unspecified atom stereocenters. The quantitative estimate of drug-likeness (QED) is 0.534. The molecule has 0 saturated heterocycles. The van der Waals surface area contributed by atoms with Crippen LogP contribution in [0.15, 0.2) is 23.3 Å². The summed E-state index contributed by atoms with van der Waals surface area (Å²) in [5, 5.41) is 0. The van der Waals surface area contributed by atoms with E-state index in [0.29, 0.717) is 0 Å². The van der Waals surface area contributed by atoms with Gasteiger partial charge in [0.25, 0.3) is 0 Å². The van der Waals surface area contributed by atoms with Crippen LogP contribution < -0.4 is 0 Å². The van der Waals surface area contributed by atoms with Crippen molar-refractivity contribution in [2.45, 2.75) is 39.0 Å². The van der Waals surface area contributed by atoms with Crippen LogP contribution in [0.3, 0.4) is 0 Å². The van der Waals surface area contributed by atoms with Crippen molar-refractivity contribution in [2.24, 2.45) is 5.92 Å². The lowest BCUT2D eigenvalue weighted by Crippen LogP contribution is -1.93. The number of hydrogen-bond donors (Lipinski definition) is 0. The van der Waals surface area contributed by atoms with Crippen molar-refractivity contribution in [1.82, 2.24) is 0 Å². The van der Waals surface area contributed by atoms with E-state index in [9.17, 15) is 0 Å². The van der Waals surface area contributed by atoms with Crippen molar-refractivity contribution in [1.29, 1.82) is 0 Å². The number of rotatable bonds is 1. The van der Waals surface area contributed by atoms with Crippen LogP contribution in [-0.2, 0) is 0 Å². The van der Waals surface area contributed by atoms with E-state index in [-0.39, 0.29) is 0 Å². The Hall–Kier alpha value is -0.520. The summed E-state index contributed by atoms with van der Waals surface area (Å²) in [7, 11) is 0. The molecule has 0 aromatic heterocycles. The molecule has 0 radical (unpaired) electrons. The highest BCUT2D eigenvalue weighted by molar-refractivity contribution is 5.33. The third-order valence-corrected chi connectivity index (χ3v) is 2.90. The molecule has 2 aliphatic carbocycles. The second kappa shape index (κ2) is 2.84. The summed E-state index contributed by atoms with van der Waals surface area (Å²) in [6.45, 7) is 2.23. The van der Waals surface area contributed by atoms with Gasteiger partial charge >= 0.3 is 0 Å². The Kier molecular flexibility index (Phi) is 1.85. The zero-order valence-electron chi connectivity index (χ0n) is 7.27. The van der Waals surface area contributed by atoms with Crippen molar-refractivity contribution in [3.8, 4) is 0 Å². The highest BCUT2D eigenvalue weighted by Gasteiger charge is 2.19. The molecule has 60 valence electrons. The molecule has 1 fully saturated rings. The first-order chi connectivity index (χ1) is 5.36. The Labute approximate surface area is 69.0 Å². The second-order valence-corrected chi connectivity index (χ2v) is 3.88. The Balaban J connectivity index is 2.05. The van der Waals surface area contributed by atoms with Gasteiger partial charge in [0, 0.05) is 0 Å². The summed E-state index contributed by atoms with van der Waals surface area (Å²) in [5.74, 6) is 0.924. The van der Waals surface area contributed by atoms with Crippen LogP contribution in [0.2, 0.25) is 0 Å². The summed E-state index contributed by atoms with van der Waals surface area (Å²) < 4.78 is 0. The molecule has 11 heavy (non-hydrogen) atoms. The van der Waals surface area contributed by atoms with E-state index in [1.165, 1.54) is 32.1 Å². The Bertz CT molecular complexity index is 202. The third-order valence-electron chi connectivity index (χ3n) is 2.90. The lowest BCUT2D eigenvalue weighted by atomic mass is 9.99. The maximum atomic E-state index is 2.42. The van der Waals surface area contributed by atoms with Gasteiger partial charge in [-0.3, -0.25) is 0 Å². The van der Waals surface area contributed by atoms with Crippen LogP contribution in [-0.4, -0.2) is 0 Å². The molecule has 2 rings (SSSR count). The van der Waals surface area contributed by atoms with Crippen molar-refractivity contribution in [3.63, 3.8) is 0 Å². The zero-order valence-corrected chi connectivity index (χ0v) is 7.27. The zero-order chi connectivity index (χ0) is 7.68. The monoisotopic (exact) mass is 148 g/mol. The molecule has 0 aromatic carbocycles. The van der Waals surface area contributed by atoms with Gasteiger partial charge in [0.1, 0.15) is 0 Å². The molecule has 0 bridgehead atoms. The predicted octanol–water partition coefficient (Wildman–Crippen LogP) is 3.45. The Morgan fingerprint density at radius 3 is 2.55 bits per heavy atom. The van der Waals surface area contributed by atoms with Crippen molar-refractivity contribution >= 4 is 0 Å². The fraction of sp³-hybridized carbons (Fsp3) is 0.636. The van der Waals surface area contributed by atoms with Gasteiger partial charge in [-0.15, -0.1) is 0 Å². The van der Waals surface area contributed by atoms with E-state index < -0.39 is 0 Å². The topological polar surface area (TPSA) is 0 Å². The molecule has 0 heteroatoms. The van der Waals surface area contributed by atoms with Gasteiger partial charge in [0.15, 0.2) is 0 Å². The average molecular weight is 148 g/mol. The van der Waals surface area contributed by atoms with Crippen LogP contribution in [0.4, 0.5) is 0 Å². The summed E-state index contributed by atoms with van der Waals surface area (Å²) in [5.41, 5.74) is 3.19. The van der Waals surface area contributed by atoms with Crippen LogP contribution >= 0.6 is 0 Å². The molecule has 0 heterocycles. The van der Waals surface area contributed by atoms with Gasteiger partial charge in [-0.2, -0.15) is 0 Å². The van der Waals surface area contributed by atoms with Gasteiger partial charge in [0.05, 0.1) is 0 Å². The first-order valence-corrected chi connectivity index (χ1v) is 4.73. The smallest absolute Gasteiger partial charge is 0.0132 e. The second-order valence-electron chi connectivity index (χ2n) is 3.88. The van der Waals surface area contributed by atoms with E-state index >= 15 is 0 Å². The molecule has 2 aliphatic rings. The first-order valence-electron chi connectivity index (χ1n) is 4.73. The van der Waals surface area contributed by atoms with Crippen molar-refractivity contribution < 1.29 is 0 Å². The largest absolute Gasteiger partial charge is 0.0770 e. The summed E-state index contributed by atoms with van der Waals surface area (Å²) in [4.78, 5) is 0. The minimum absolute atomic E-state index is 0.924. The molecule has 0 spiro atoms. The maximum Gasteiger partial charge on any atom is -0.0132 e. The minimum atomic E-state index is 0.924. The summed E-state index contributed by atoms with van der Waals surface area (Å²) in [6.07, 6.45) is 11.8. The highest BCUT2D eigenvalue weighted by atomic mass is 14.2. The molecule has 0 aliphatic heterocycles. The average Bonchev–Trinajstić information content (AvgIpc) is 2.55. The molecule has 0 N–H and O–H groups in total. The molecule has 0 nitrogen and oxygen atoms in total. The van der Waals surface area contributed by atoms with Crippen LogP contribution in [0.1, 0.15) is 39.0 Å². The summed E-state index contributed by atoms with van der Waals surface area (Å²) >= 11 is 0. The lowest BCUT2D eigenvalue weighted by Gasteiger charge is -2.06. The molecule has 0 aromatic rings. The summed E-state index contributed by atoms with van der Waals surface area (Å²) in [6, 6.07) is 0. The van der Waals surface area contributed by atoms with E-state index in [1.54, 1.807) is 11.1 Å². The van der Waals surface area contributed by atoms with E-state index in [4.69, 9.17) is 0 Å². The van der Waals surface area contributed by atoms with E-state index in [1.807, 2.05) is 0 Å². The SMILES string of the molecule is CC1=CC(C2CCCC2)=CC1. The third kappa shape index (κ3) is 1.40.